The van der Waals surface area contributed by atoms with Crippen LogP contribution in [0, 0.1) is 19.8 Å². The Morgan fingerprint density at radius 3 is 2.43 bits per heavy atom. The van der Waals surface area contributed by atoms with Crippen molar-refractivity contribution in [2.24, 2.45) is 5.92 Å². The first-order valence-electron chi connectivity index (χ1n) is 8.62. The second kappa shape index (κ2) is 6.39. The monoisotopic (exact) mass is 287 g/mol. The quantitative estimate of drug-likeness (QED) is 0.860. The number of benzene rings is 1. The minimum absolute atomic E-state index is 0.418. The van der Waals surface area contributed by atoms with Gasteiger partial charge in [0.15, 0.2) is 0 Å². The second-order valence-electron chi connectivity index (χ2n) is 7.23. The predicted molar refractivity (Wildman–Crippen MR) is 87.8 cm³/mol. The summed E-state index contributed by atoms with van der Waals surface area (Å²) in [6, 6.07) is 5.36. The van der Waals surface area contributed by atoms with Gasteiger partial charge in [-0.2, -0.15) is 0 Å². The molecule has 2 fully saturated rings. The van der Waals surface area contributed by atoms with Crippen LogP contribution in [0.15, 0.2) is 12.1 Å². The van der Waals surface area contributed by atoms with Crippen molar-refractivity contribution in [3.63, 3.8) is 0 Å². The number of ether oxygens (including phenoxy) is 1. The summed E-state index contributed by atoms with van der Waals surface area (Å²) in [5.41, 5.74) is 3.97. The molecule has 0 bridgehead atoms. The van der Waals surface area contributed by atoms with E-state index in [0.717, 1.165) is 24.3 Å². The van der Waals surface area contributed by atoms with E-state index in [1.807, 2.05) is 0 Å². The first kappa shape index (κ1) is 14.9. The fourth-order valence-corrected chi connectivity index (χ4v) is 3.53. The molecule has 2 aliphatic rings. The number of hydrogen-bond acceptors (Lipinski definition) is 2. The van der Waals surface area contributed by atoms with Gasteiger partial charge in [-0.3, -0.25) is 0 Å². The van der Waals surface area contributed by atoms with Crippen molar-refractivity contribution in [1.82, 2.24) is 5.32 Å². The Kier molecular flexibility index (Phi) is 4.54. The Morgan fingerprint density at radius 1 is 1.10 bits per heavy atom. The maximum absolute atomic E-state index is 6.36. The Morgan fingerprint density at radius 2 is 1.81 bits per heavy atom. The fraction of sp³-hybridized carbons (Fsp3) is 0.684. The van der Waals surface area contributed by atoms with E-state index in [1.165, 1.54) is 55.2 Å². The van der Waals surface area contributed by atoms with Crippen LogP contribution in [-0.2, 0) is 6.54 Å². The average Bonchev–Trinajstić information content (AvgIpc) is 3.25. The van der Waals surface area contributed by atoms with Crippen LogP contribution in [0.25, 0.3) is 0 Å². The number of hydrogen-bond donors (Lipinski definition) is 1. The molecule has 0 heterocycles. The van der Waals surface area contributed by atoms with Crippen LogP contribution in [0.3, 0.4) is 0 Å². The molecule has 0 saturated heterocycles. The van der Waals surface area contributed by atoms with Crippen LogP contribution in [0.1, 0.15) is 62.1 Å². The number of rotatable bonds is 5. The van der Waals surface area contributed by atoms with Crippen molar-refractivity contribution >= 4 is 0 Å². The number of nitrogens with one attached hydrogen (secondary N) is 1. The Balaban J connectivity index is 1.66. The first-order chi connectivity index (χ1) is 10.1. The highest BCUT2D eigenvalue weighted by Crippen LogP contribution is 2.31. The van der Waals surface area contributed by atoms with E-state index in [-0.39, 0.29) is 0 Å². The molecular weight excluding hydrogens is 258 g/mol. The molecule has 0 spiro atoms. The zero-order valence-electron chi connectivity index (χ0n) is 13.7. The largest absolute Gasteiger partial charge is 0.490 e. The van der Waals surface area contributed by atoms with Crippen molar-refractivity contribution < 1.29 is 4.74 Å². The minimum Gasteiger partial charge on any atom is -0.490 e. The third-order valence-electron chi connectivity index (χ3n) is 4.87. The SMILES string of the molecule is Cc1cc(CNC2CC2)cc(C)c1OC1CCCC(C)C1. The highest BCUT2D eigenvalue weighted by molar-refractivity contribution is 5.43. The van der Waals surface area contributed by atoms with Gasteiger partial charge in [-0.25, -0.2) is 0 Å². The minimum atomic E-state index is 0.418. The van der Waals surface area contributed by atoms with E-state index in [2.05, 4.69) is 38.2 Å². The molecule has 0 amide bonds. The van der Waals surface area contributed by atoms with Crippen molar-refractivity contribution in [2.75, 3.05) is 0 Å². The molecule has 0 radical (unpaired) electrons. The summed E-state index contributed by atoms with van der Waals surface area (Å²) in [7, 11) is 0. The van der Waals surface area contributed by atoms with Crippen LogP contribution in [0.2, 0.25) is 0 Å². The first-order valence-corrected chi connectivity index (χ1v) is 8.62. The lowest BCUT2D eigenvalue weighted by Crippen LogP contribution is -2.24. The zero-order chi connectivity index (χ0) is 14.8. The van der Waals surface area contributed by atoms with Crippen LogP contribution < -0.4 is 10.1 Å². The molecule has 1 aromatic rings. The summed E-state index contributed by atoms with van der Waals surface area (Å²) in [5.74, 6) is 1.94. The van der Waals surface area contributed by atoms with Gasteiger partial charge in [0.25, 0.3) is 0 Å². The molecule has 2 heteroatoms. The Bertz CT molecular complexity index is 469. The third-order valence-corrected chi connectivity index (χ3v) is 4.87. The van der Waals surface area contributed by atoms with Crippen molar-refractivity contribution in [2.45, 2.75) is 78.0 Å². The molecule has 2 nitrogen and oxygen atoms in total. The predicted octanol–water partition coefficient (Wildman–Crippen LogP) is 4.51. The van der Waals surface area contributed by atoms with Gasteiger partial charge >= 0.3 is 0 Å². The summed E-state index contributed by atoms with van der Waals surface area (Å²) >= 11 is 0. The zero-order valence-corrected chi connectivity index (χ0v) is 13.7. The normalized spacial score (nSPS) is 25.9. The molecule has 116 valence electrons. The summed E-state index contributed by atoms with van der Waals surface area (Å²) in [4.78, 5) is 0. The molecule has 1 N–H and O–H groups in total. The van der Waals surface area contributed by atoms with Crippen molar-refractivity contribution in [3.8, 4) is 5.75 Å². The van der Waals surface area contributed by atoms with Crippen LogP contribution in [0.5, 0.6) is 5.75 Å². The molecule has 2 saturated carbocycles. The third kappa shape index (κ3) is 4.00. The van der Waals surface area contributed by atoms with Crippen LogP contribution in [-0.4, -0.2) is 12.1 Å². The topological polar surface area (TPSA) is 21.3 Å². The van der Waals surface area contributed by atoms with Gasteiger partial charge in [0.2, 0.25) is 0 Å². The van der Waals surface area contributed by atoms with Gasteiger partial charge in [0.05, 0.1) is 6.10 Å². The molecule has 0 aliphatic heterocycles. The highest BCUT2D eigenvalue weighted by Gasteiger charge is 2.22. The summed E-state index contributed by atoms with van der Waals surface area (Å²) in [6.45, 7) is 7.72. The summed E-state index contributed by atoms with van der Waals surface area (Å²) < 4.78 is 6.36. The smallest absolute Gasteiger partial charge is 0.125 e. The maximum Gasteiger partial charge on any atom is 0.125 e. The van der Waals surface area contributed by atoms with Crippen molar-refractivity contribution in [1.29, 1.82) is 0 Å². The molecule has 1 aromatic carbocycles. The molecule has 2 unspecified atom stereocenters. The molecule has 2 aliphatic carbocycles. The van der Waals surface area contributed by atoms with Gasteiger partial charge in [-0.05, 0) is 68.6 Å². The highest BCUT2D eigenvalue weighted by atomic mass is 16.5. The summed E-state index contributed by atoms with van der Waals surface area (Å²) in [6.07, 6.45) is 8.22. The van der Waals surface area contributed by atoms with E-state index in [9.17, 15) is 0 Å². The lowest BCUT2D eigenvalue weighted by molar-refractivity contribution is 0.127. The molecule has 21 heavy (non-hydrogen) atoms. The van der Waals surface area contributed by atoms with Crippen LogP contribution in [0.4, 0.5) is 0 Å². The fourth-order valence-electron chi connectivity index (χ4n) is 3.53. The van der Waals surface area contributed by atoms with Gasteiger partial charge in [0, 0.05) is 12.6 Å². The Hall–Kier alpha value is -1.02. The van der Waals surface area contributed by atoms with Crippen LogP contribution >= 0.6 is 0 Å². The van der Waals surface area contributed by atoms with E-state index >= 15 is 0 Å². The lowest BCUT2D eigenvalue weighted by Gasteiger charge is -2.29. The maximum atomic E-state index is 6.36. The van der Waals surface area contributed by atoms with Gasteiger partial charge in [-0.15, -0.1) is 0 Å². The molecule has 2 atom stereocenters. The molecule has 0 aromatic heterocycles. The van der Waals surface area contributed by atoms with Gasteiger partial charge < -0.3 is 10.1 Å². The van der Waals surface area contributed by atoms with Gasteiger partial charge in [-0.1, -0.05) is 25.5 Å². The lowest BCUT2D eigenvalue weighted by atomic mass is 9.88. The van der Waals surface area contributed by atoms with Crippen molar-refractivity contribution in [3.05, 3.63) is 28.8 Å². The molecule has 3 rings (SSSR count). The van der Waals surface area contributed by atoms with E-state index < -0.39 is 0 Å². The van der Waals surface area contributed by atoms with Gasteiger partial charge in [0.1, 0.15) is 5.75 Å². The Labute approximate surface area is 129 Å². The van der Waals surface area contributed by atoms with E-state index in [4.69, 9.17) is 4.74 Å². The average molecular weight is 287 g/mol. The standard InChI is InChI=1S/C19H29NO/c1-13-5-4-6-18(9-13)21-19-14(2)10-16(11-15(19)3)12-20-17-7-8-17/h10-11,13,17-18,20H,4-9,12H2,1-3H3. The second-order valence-corrected chi connectivity index (χ2v) is 7.23. The molecular formula is C19H29NO. The number of aryl methyl sites for hydroxylation is 2. The van der Waals surface area contributed by atoms with E-state index in [1.54, 1.807) is 0 Å². The van der Waals surface area contributed by atoms with E-state index in [0.29, 0.717) is 6.10 Å². The summed E-state index contributed by atoms with van der Waals surface area (Å²) in [5, 5.41) is 3.59.